The van der Waals surface area contributed by atoms with Gasteiger partial charge in [-0.1, -0.05) is 20.3 Å². The molecule has 1 heterocycles. The highest BCUT2D eigenvalue weighted by Gasteiger charge is 2.15. The van der Waals surface area contributed by atoms with Crippen molar-refractivity contribution in [2.24, 2.45) is 5.92 Å². The Morgan fingerprint density at radius 3 is 2.67 bits per heavy atom. The molecule has 84 valence electrons. The van der Waals surface area contributed by atoms with Crippen LogP contribution in [0.1, 0.15) is 44.8 Å². The second-order valence-electron chi connectivity index (χ2n) is 4.26. The average molecular weight is 209 g/mol. The molecule has 0 unspecified atom stereocenters. The summed E-state index contributed by atoms with van der Waals surface area (Å²) in [5.41, 5.74) is 0. The van der Waals surface area contributed by atoms with E-state index in [4.69, 9.17) is 4.42 Å². The molecule has 0 aliphatic heterocycles. The van der Waals surface area contributed by atoms with Gasteiger partial charge in [0.25, 0.3) is 0 Å². The van der Waals surface area contributed by atoms with E-state index in [0.29, 0.717) is 5.92 Å². The van der Waals surface area contributed by atoms with Gasteiger partial charge in [0.05, 0.1) is 6.26 Å². The molecule has 0 aliphatic carbocycles. The van der Waals surface area contributed by atoms with E-state index >= 15 is 0 Å². The smallest absolute Gasteiger partial charge is 0.107 e. The predicted molar refractivity (Wildman–Crippen MR) is 55.1 cm³/mol. The molecular weight excluding hydrogens is 192 g/mol. The summed E-state index contributed by atoms with van der Waals surface area (Å²) in [5.74, 6) is 0.261. The summed E-state index contributed by atoms with van der Waals surface area (Å²) < 4.78 is 5.24. The van der Waals surface area contributed by atoms with Gasteiger partial charge in [0.15, 0.2) is 0 Å². The van der Waals surface area contributed by atoms with Crippen LogP contribution >= 0.6 is 0 Å². The van der Waals surface area contributed by atoms with Gasteiger partial charge < -0.3 is 14.3 Å². The minimum Gasteiger partial charge on any atom is -0.550 e. The van der Waals surface area contributed by atoms with E-state index in [0.717, 1.165) is 18.6 Å². The van der Waals surface area contributed by atoms with Crippen molar-refractivity contribution in [2.75, 3.05) is 0 Å². The molecule has 0 radical (unpaired) electrons. The maximum Gasteiger partial charge on any atom is 0.107 e. The van der Waals surface area contributed by atoms with Crippen molar-refractivity contribution in [1.82, 2.24) is 0 Å². The van der Waals surface area contributed by atoms with Gasteiger partial charge in [-0.05, 0) is 30.9 Å². The molecule has 3 heteroatoms. The third-order valence-corrected chi connectivity index (χ3v) is 2.45. The Bertz CT molecular complexity index is 288. The van der Waals surface area contributed by atoms with Crippen LogP contribution in [-0.4, -0.2) is 5.97 Å². The van der Waals surface area contributed by atoms with Crippen LogP contribution in [0.5, 0.6) is 0 Å². The minimum absolute atomic E-state index is 0.0419. The molecule has 1 rings (SSSR count). The Hall–Kier alpha value is -1.25. The standard InChI is InChI=1S/C12H18O3/c1-9(2)5-6-10(8-12(13)14)11-4-3-7-15-11/h3-4,7,9-10H,5-6,8H2,1-2H3,(H,13,14)/p-1/t10-/m0/s1. The topological polar surface area (TPSA) is 53.3 Å². The quantitative estimate of drug-likeness (QED) is 0.719. The fourth-order valence-corrected chi connectivity index (χ4v) is 1.60. The zero-order chi connectivity index (χ0) is 11.3. The number of hydrogen-bond donors (Lipinski definition) is 0. The fourth-order valence-electron chi connectivity index (χ4n) is 1.60. The lowest BCUT2D eigenvalue weighted by Gasteiger charge is -2.16. The predicted octanol–water partition coefficient (Wildman–Crippen LogP) is 1.94. The van der Waals surface area contributed by atoms with E-state index in [1.54, 1.807) is 12.3 Å². The first-order valence-electron chi connectivity index (χ1n) is 5.33. The second kappa shape index (κ2) is 5.59. The number of rotatable bonds is 6. The van der Waals surface area contributed by atoms with E-state index < -0.39 is 5.97 Å². The summed E-state index contributed by atoms with van der Waals surface area (Å²) in [6.07, 6.45) is 3.45. The molecule has 3 nitrogen and oxygen atoms in total. The highest BCUT2D eigenvalue weighted by atomic mass is 16.4. The van der Waals surface area contributed by atoms with Crippen molar-refractivity contribution in [3.63, 3.8) is 0 Å². The van der Waals surface area contributed by atoms with E-state index in [9.17, 15) is 9.90 Å². The zero-order valence-electron chi connectivity index (χ0n) is 9.23. The molecule has 0 bridgehead atoms. The van der Waals surface area contributed by atoms with Gasteiger partial charge >= 0.3 is 0 Å². The van der Waals surface area contributed by atoms with Crippen molar-refractivity contribution in [3.8, 4) is 0 Å². The number of carboxylic acid groups (broad SMARTS) is 1. The average Bonchev–Trinajstić information content (AvgIpc) is 2.63. The molecule has 0 aromatic carbocycles. The molecule has 0 fully saturated rings. The van der Waals surface area contributed by atoms with Gasteiger partial charge in [0.1, 0.15) is 5.76 Å². The molecule has 0 aliphatic rings. The number of carbonyl (C=O) groups excluding carboxylic acids is 1. The van der Waals surface area contributed by atoms with Crippen LogP contribution in [0.2, 0.25) is 0 Å². The number of carboxylic acids is 1. The van der Waals surface area contributed by atoms with Gasteiger partial charge in [0, 0.05) is 11.9 Å². The van der Waals surface area contributed by atoms with Crippen LogP contribution in [0.4, 0.5) is 0 Å². The van der Waals surface area contributed by atoms with Crippen molar-refractivity contribution in [3.05, 3.63) is 24.2 Å². The monoisotopic (exact) mass is 209 g/mol. The van der Waals surface area contributed by atoms with E-state index in [1.165, 1.54) is 0 Å². The van der Waals surface area contributed by atoms with Crippen LogP contribution in [0, 0.1) is 5.92 Å². The van der Waals surface area contributed by atoms with E-state index in [1.807, 2.05) is 6.07 Å². The SMILES string of the molecule is CC(C)CC[C@@H](CC(=O)[O-])c1ccco1. The molecule has 0 saturated carbocycles. The fraction of sp³-hybridized carbons (Fsp3) is 0.583. The first kappa shape index (κ1) is 11.8. The maximum atomic E-state index is 10.6. The first-order valence-corrected chi connectivity index (χ1v) is 5.33. The number of aliphatic carboxylic acids is 1. The van der Waals surface area contributed by atoms with Crippen molar-refractivity contribution >= 4 is 5.97 Å². The summed E-state index contributed by atoms with van der Waals surface area (Å²) in [5, 5.41) is 10.6. The van der Waals surface area contributed by atoms with Crippen molar-refractivity contribution in [2.45, 2.75) is 39.0 Å². The first-order chi connectivity index (χ1) is 7.09. The Morgan fingerprint density at radius 1 is 1.47 bits per heavy atom. The molecule has 15 heavy (non-hydrogen) atoms. The van der Waals surface area contributed by atoms with Crippen molar-refractivity contribution < 1.29 is 14.3 Å². The largest absolute Gasteiger partial charge is 0.550 e. The van der Waals surface area contributed by atoms with Crippen LogP contribution in [0.3, 0.4) is 0 Å². The second-order valence-corrected chi connectivity index (χ2v) is 4.26. The van der Waals surface area contributed by atoms with Gasteiger partial charge in [-0.15, -0.1) is 0 Å². The van der Waals surface area contributed by atoms with Crippen LogP contribution in [0.25, 0.3) is 0 Å². The summed E-state index contributed by atoms with van der Waals surface area (Å²) in [6, 6.07) is 3.61. The Balaban J connectivity index is 2.57. The third kappa shape index (κ3) is 4.19. The lowest BCUT2D eigenvalue weighted by atomic mass is 9.93. The molecule has 1 aromatic rings. The maximum absolute atomic E-state index is 10.6. The minimum atomic E-state index is -1.01. The molecule has 0 amide bonds. The van der Waals surface area contributed by atoms with Crippen LogP contribution in [0.15, 0.2) is 22.8 Å². The summed E-state index contributed by atoms with van der Waals surface area (Å²) in [4.78, 5) is 10.6. The lowest BCUT2D eigenvalue weighted by molar-refractivity contribution is -0.306. The number of hydrogen-bond acceptors (Lipinski definition) is 3. The Labute approximate surface area is 90.1 Å². The lowest BCUT2D eigenvalue weighted by Crippen LogP contribution is -2.24. The Kier molecular flexibility index (Phi) is 4.40. The van der Waals surface area contributed by atoms with Gasteiger partial charge in [-0.3, -0.25) is 0 Å². The van der Waals surface area contributed by atoms with Gasteiger partial charge in [-0.25, -0.2) is 0 Å². The Morgan fingerprint density at radius 2 is 2.20 bits per heavy atom. The summed E-state index contributed by atoms with van der Waals surface area (Å²) in [6.45, 7) is 4.25. The van der Waals surface area contributed by atoms with Gasteiger partial charge in [0.2, 0.25) is 0 Å². The molecule has 1 atom stereocenters. The molecule has 0 saturated heterocycles. The summed E-state index contributed by atoms with van der Waals surface area (Å²) >= 11 is 0. The molecule has 1 aromatic heterocycles. The van der Waals surface area contributed by atoms with E-state index in [2.05, 4.69) is 13.8 Å². The van der Waals surface area contributed by atoms with Crippen LogP contribution in [-0.2, 0) is 4.79 Å². The molecule has 0 spiro atoms. The highest BCUT2D eigenvalue weighted by molar-refractivity contribution is 5.65. The highest BCUT2D eigenvalue weighted by Crippen LogP contribution is 2.26. The normalized spacial score (nSPS) is 13.0. The van der Waals surface area contributed by atoms with Gasteiger partial charge in [-0.2, -0.15) is 0 Å². The molecule has 0 N–H and O–H groups in total. The molecular formula is C12H17O3-. The van der Waals surface area contributed by atoms with Crippen molar-refractivity contribution in [1.29, 1.82) is 0 Å². The third-order valence-electron chi connectivity index (χ3n) is 2.45. The summed E-state index contributed by atoms with van der Waals surface area (Å²) in [7, 11) is 0. The zero-order valence-corrected chi connectivity index (χ0v) is 9.23. The number of carbonyl (C=O) groups is 1. The van der Waals surface area contributed by atoms with Crippen LogP contribution < -0.4 is 5.11 Å². The number of furan rings is 1. The van der Waals surface area contributed by atoms with E-state index in [-0.39, 0.29) is 12.3 Å².